The summed E-state index contributed by atoms with van der Waals surface area (Å²) in [6.07, 6.45) is -5.56. The van der Waals surface area contributed by atoms with Gasteiger partial charge in [0.1, 0.15) is 17.4 Å². The Morgan fingerprint density at radius 1 is 1.07 bits per heavy atom. The number of thioether (sulfide) groups is 1. The molecule has 40 heavy (non-hydrogen) atoms. The highest BCUT2D eigenvalue weighted by molar-refractivity contribution is 8.16. The molecule has 4 rings (SSSR count). The van der Waals surface area contributed by atoms with Gasteiger partial charge >= 0.3 is 12.5 Å². The number of nitrogens with one attached hydrogen (secondary N) is 1. The minimum Gasteiger partial charge on any atom is -0.444 e. The molecule has 2 fully saturated rings. The van der Waals surface area contributed by atoms with Crippen LogP contribution >= 0.6 is 11.8 Å². The van der Waals surface area contributed by atoms with Crippen molar-refractivity contribution in [2.45, 2.75) is 56.5 Å². The maximum atomic E-state index is 13.5. The molecule has 0 radical (unpaired) electrons. The lowest BCUT2D eigenvalue weighted by molar-refractivity contribution is -0.274. The molecule has 0 aliphatic carbocycles. The van der Waals surface area contributed by atoms with E-state index in [1.165, 1.54) is 12.1 Å². The number of aliphatic imine (C=N–C) groups is 1. The lowest BCUT2D eigenvalue weighted by atomic mass is 10.1. The Morgan fingerprint density at radius 2 is 1.73 bits per heavy atom. The molecule has 2 saturated heterocycles. The summed E-state index contributed by atoms with van der Waals surface area (Å²) >= 11 is 1.10. The number of anilines is 1. The average Bonchev–Trinajstić information content (AvgIpc) is 3.28. The first-order valence-electron chi connectivity index (χ1n) is 12.3. The normalized spacial score (nSPS) is 22.1. The van der Waals surface area contributed by atoms with Gasteiger partial charge in [0.15, 0.2) is 15.0 Å². The van der Waals surface area contributed by atoms with Crippen LogP contribution in [0.4, 0.5) is 23.7 Å². The predicted octanol–water partition coefficient (Wildman–Crippen LogP) is 4.32. The number of carbonyl (C=O) groups excluding carboxylic acids is 2. The first-order chi connectivity index (χ1) is 18.6. The largest absolute Gasteiger partial charge is 0.573 e. The number of benzene rings is 2. The van der Waals surface area contributed by atoms with E-state index in [-0.39, 0.29) is 23.1 Å². The second-order valence-corrected chi connectivity index (χ2v) is 13.7. The third-order valence-electron chi connectivity index (χ3n) is 5.89. The van der Waals surface area contributed by atoms with Crippen LogP contribution < -0.4 is 15.0 Å². The molecule has 216 valence electrons. The van der Waals surface area contributed by atoms with E-state index in [2.05, 4.69) is 15.0 Å². The summed E-state index contributed by atoms with van der Waals surface area (Å²) in [6.45, 7) is 5.06. The van der Waals surface area contributed by atoms with Crippen LogP contribution in [0.15, 0.2) is 59.6 Å². The van der Waals surface area contributed by atoms with Gasteiger partial charge in [0.25, 0.3) is 5.91 Å². The van der Waals surface area contributed by atoms with Gasteiger partial charge in [-0.3, -0.25) is 4.79 Å². The first kappa shape index (κ1) is 29.7. The van der Waals surface area contributed by atoms with Crippen molar-refractivity contribution in [2.24, 2.45) is 4.99 Å². The number of carbonyl (C=O) groups is 2. The van der Waals surface area contributed by atoms with E-state index in [1.54, 1.807) is 49.9 Å². The van der Waals surface area contributed by atoms with E-state index < -0.39 is 56.9 Å². The lowest BCUT2D eigenvalue weighted by Gasteiger charge is -2.25. The van der Waals surface area contributed by atoms with E-state index in [4.69, 9.17) is 4.74 Å². The van der Waals surface area contributed by atoms with Crippen molar-refractivity contribution in [3.8, 4) is 5.75 Å². The first-order valence-corrected chi connectivity index (χ1v) is 15.0. The zero-order valence-corrected chi connectivity index (χ0v) is 23.5. The van der Waals surface area contributed by atoms with E-state index >= 15 is 0 Å². The maximum absolute atomic E-state index is 13.5. The maximum Gasteiger partial charge on any atom is 0.573 e. The number of halogens is 3. The van der Waals surface area contributed by atoms with Crippen LogP contribution in [0.5, 0.6) is 5.75 Å². The van der Waals surface area contributed by atoms with Gasteiger partial charge in [0, 0.05) is 17.4 Å². The van der Waals surface area contributed by atoms with Crippen LogP contribution in [-0.2, 0) is 25.8 Å². The second-order valence-electron chi connectivity index (χ2n) is 10.3. The quantitative estimate of drug-likeness (QED) is 0.522. The van der Waals surface area contributed by atoms with Crippen molar-refractivity contribution in [3.05, 3.63) is 60.2 Å². The number of hydrogen-bond acceptors (Lipinski definition) is 7. The van der Waals surface area contributed by atoms with Crippen LogP contribution in [0, 0.1) is 0 Å². The Morgan fingerprint density at radius 3 is 2.33 bits per heavy atom. The molecule has 2 heterocycles. The summed E-state index contributed by atoms with van der Waals surface area (Å²) < 4.78 is 71.8. The number of alkyl halides is 3. The number of rotatable bonds is 6. The molecule has 3 unspecified atom stereocenters. The zero-order chi connectivity index (χ0) is 29.3. The molecule has 0 spiro atoms. The van der Waals surface area contributed by atoms with Gasteiger partial charge < -0.3 is 19.7 Å². The Hall–Kier alpha value is -3.26. The number of amidine groups is 1. The molecule has 9 nitrogen and oxygen atoms in total. The fourth-order valence-corrected chi connectivity index (χ4v) is 8.27. The SMILES string of the molecule is CC(C)(C)OC(=O)NC(Cc1ccccc1)C(=O)N=C1SC2CS(=O)(=O)CC2N1c1ccc(OC(F)(F)F)cc1. The molecule has 2 aliphatic heterocycles. The highest BCUT2D eigenvalue weighted by Gasteiger charge is 2.49. The summed E-state index contributed by atoms with van der Waals surface area (Å²) in [5.74, 6) is -1.48. The molecule has 2 aromatic rings. The fraction of sp³-hybridized carbons (Fsp3) is 0.423. The highest BCUT2D eigenvalue weighted by atomic mass is 32.2. The van der Waals surface area contributed by atoms with Crippen LogP contribution in [-0.4, -0.2) is 66.4 Å². The Balaban J connectivity index is 1.64. The molecular formula is C26H28F3N3O6S2. The van der Waals surface area contributed by atoms with Gasteiger partial charge in [-0.15, -0.1) is 13.2 Å². The van der Waals surface area contributed by atoms with Crippen molar-refractivity contribution in [3.63, 3.8) is 0 Å². The van der Waals surface area contributed by atoms with E-state index in [0.29, 0.717) is 5.69 Å². The topological polar surface area (TPSA) is 114 Å². The molecular weight excluding hydrogens is 571 g/mol. The molecule has 2 aliphatic rings. The minimum atomic E-state index is -4.87. The highest BCUT2D eigenvalue weighted by Crippen LogP contribution is 2.41. The Kier molecular flexibility index (Phi) is 8.41. The molecule has 0 bridgehead atoms. The van der Waals surface area contributed by atoms with Crippen LogP contribution in [0.3, 0.4) is 0 Å². The summed E-state index contributed by atoms with van der Waals surface area (Å²) in [5, 5.41) is 2.33. The summed E-state index contributed by atoms with van der Waals surface area (Å²) in [6, 6.07) is 12.2. The van der Waals surface area contributed by atoms with Crippen LogP contribution in [0.25, 0.3) is 0 Å². The van der Waals surface area contributed by atoms with Crippen molar-refractivity contribution in [1.82, 2.24) is 5.32 Å². The van der Waals surface area contributed by atoms with Gasteiger partial charge in [-0.05, 0) is 50.6 Å². The van der Waals surface area contributed by atoms with E-state index in [0.717, 1.165) is 29.5 Å². The molecule has 2 amide bonds. The third-order valence-corrected chi connectivity index (χ3v) is 9.10. The van der Waals surface area contributed by atoms with Crippen molar-refractivity contribution >= 4 is 44.5 Å². The summed E-state index contributed by atoms with van der Waals surface area (Å²) in [5.41, 5.74) is 0.299. The van der Waals surface area contributed by atoms with Gasteiger partial charge in [0.2, 0.25) is 0 Å². The van der Waals surface area contributed by atoms with Crippen LogP contribution in [0.2, 0.25) is 0 Å². The lowest BCUT2D eigenvalue weighted by Crippen LogP contribution is -2.45. The average molecular weight is 600 g/mol. The van der Waals surface area contributed by atoms with E-state index in [1.807, 2.05) is 6.07 Å². The smallest absolute Gasteiger partial charge is 0.444 e. The molecule has 0 aromatic heterocycles. The number of sulfone groups is 1. The Labute approximate surface area is 234 Å². The van der Waals surface area contributed by atoms with Gasteiger partial charge in [-0.2, -0.15) is 4.99 Å². The predicted molar refractivity (Wildman–Crippen MR) is 145 cm³/mol. The van der Waals surface area contributed by atoms with Crippen molar-refractivity contribution in [2.75, 3.05) is 16.4 Å². The summed E-state index contributed by atoms with van der Waals surface area (Å²) in [7, 11) is -3.37. The van der Waals surface area contributed by atoms with Gasteiger partial charge in [-0.25, -0.2) is 13.2 Å². The van der Waals surface area contributed by atoms with Crippen LogP contribution in [0.1, 0.15) is 26.3 Å². The van der Waals surface area contributed by atoms with E-state index in [9.17, 15) is 31.2 Å². The number of ether oxygens (including phenoxy) is 2. The molecule has 0 saturated carbocycles. The number of fused-ring (bicyclic) bond motifs is 1. The molecule has 3 atom stereocenters. The molecule has 1 N–H and O–H groups in total. The number of amides is 2. The van der Waals surface area contributed by atoms with Crippen molar-refractivity contribution in [1.29, 1.82) is 0 Å². The second kappa shape index (κ2) is 11.3. The number of hydrogen-bond donors (Lipinski definition) is 1. The number of alkyl carbamates (subject to hydrolysis) is 1. The van der Waals surface area contributed by atoms with Crippen molar-refractivity contribution < 1.29 is 40.7 Å². The minimum absolute atomic E-state index is 0.116. The van der Waals surface area contributed by atoms with Gasteiger partial charge in [-0.1, -0.05) is 42.1 Å². The third kappa shape index (κ3) is 7.90. The molecule has 14 heteroatoms. The monoisotopic (exact) mass is 599 g/mol. The molecule has 2 aromatic carbocycles. The fourth-order valence-electron chi connectivity index (χ4n) is 4.35. The van der Waals surface area contributed by atoms with Gasteiger partial charge in [0.05, 0.1) is 17.5 Å². The summed E-state index contributed by atoms with van der Waals surface area (Å²) in [4.78, 5) is 31.8. The standard InChI is InChI=1S/C26H28F3N3O6S2/c1-25(2,3)38-24(34)30-19(13-16-7-5-4-6-8-16)22(33)31-23-32(20-14-40(35,36)15-21(20)39-23)17-9-11-18(12-10-17)37-26(27,28)29/h4-12,19-21H,13-15H2,1-3H3,(H,30,34). The zero-order valence-electron chi connectivity index (χ0n) is 21.8. The number of nitrogens with zero attached hydrogens (tertiary/aromatic N) is 2. The Bertz CT molecular complexity index is 1380.